The van der Waals surface area contributed by atoms with Gasteiger partial charge in [0.1, 0.15) is 0 Å². The molecule has 0 radical (unpaired) electrons. The predicted molar refractivity (Wildman–Crippen MR) is 138 cm³/mol. The van der Waals surface area contributed by atoms with E-state index in [2.05, 4.69) is 20.9 Å². The first kappa shape index (κ1) is 25.5. The van der Waals surface area contributed by atoms with Crippen LogP contribution >= 0.6 is 58.0 Å². The molecule has 1 fully saturated rings. The van der Waals surface area contributed by atoms with Crippen LogP contribution in [0.2, 0.25) is 10.0 Å². The number of aliphatic imine (C=N–C) groups is 1. The number of amidine groups is 1. The zero-order valence-corrected chi connectivity index (χ0v) is 21.4. The number of carbonyl (C=O) groups excluding carboxylic acids is 2. The van der Waals surface area contributed by atoms with Crippen LogP contribution in [0.3, 0.4) is 0 Å². The monoisotopic (exact) mass is 550 g/mol. The molecular weight excluding hydrogens is 534 g/mol. The molecule has 176 valence electrons. The highest BCUT2D eigenvalue weighted by Crippen LogP contribution is 2.37. The van der Waals surface area contributed by atoms with Crippen LogP contribution in [0, 0.1) is 0 Å². The maximum absolute atomic E-state index is 13.0. The summed E-state index contributed by atoms with van der Waals surface area (Å²) in [5.41, 5.74) is 2.13. The summed E-state index contributed by atoms with van der Waals surface area (Å²) in [5, 5.41) is 9.59. The number of amides is 3. The fraction of sp³-hybridized carbons (Fsp3) is 0.250. The van der Waals surface area contributed by atoms with Crippen molar-refractivity contribution in [1.29, 1.82) is 0 Å². The van der Waals surface area contributed by atoms with Crippen molar-refractivity contribution in [1.82, 2.24) is 4.90 Å². The molecule has 0 saturated carbocycles. The van der Waals surface area contributed by atoms with Crippen molar-refractivity contribution in [3.63, 3.8) is 0 Å². The van der Waals surface area contributed by atoms with E-state index < -0.39 is 21.9 Å². The lowest BCUT2D eigenvalue weighted by atomic mass is 10.2. The van der Waals surface area contributed by atoms with Gasteiger partial charge in [0, 0.05) is 31.9 Å². The van der Waals surface area contributed by atoms with Crippen LogP contribution < -0.4 is 20.9 Å². The first-order chi connectivity index (χ1) is 15.5. The summed E-state index contributed by atoms with van der Waals surface area (Å²) in [7, 11) is 4.79. The second kappa shape index (κ2) is 10.0. The number of benzene rings is 2. The van der Waals surface area contributed by atoms with Crippen LogP contribution in [0.25, 0.3) is 0 Å². The molecule has 1 aliphatic heterocycles. The molecule has 1 heterocycles. The number of rotatable bonds is 6. The zero-order valence-electron chi connectivity index (χ0n) is 17.6. The molecule has 8 nitrogen and oxygen atoms in total. The molecule has 1 unspecified atom stereocenters. The van der Waals surface area contributed by atoms with E-state index in [-0.39, 0.29) is 10.9 Å². The SMILES string of the molecule is CNc1ccc(N2C(=O)N(C)C(=O)C2=NC(Nc2ccc(Cl)cc2Cl)C(Cl)(Cl)Cl)c(NC)c1. The Morgan fingerprint density at radius 1 is 0.970 bits per heavy atom. The fourth-order valence-electron chi connectivity index (χ4n) is 3.05. The number of imide groups is 1. The van der Waals surface area contributed by atoms with Crippen molar-refractivity contribution in [2.24, 2.45) is 4.99 Å². The van der Waals surface area contributed by atoms with E-state index in [1.54, 1.807) is 44.4 Å². The molecule has 0 aliphatic carbocycles. The van der Waals surface area contributed by atoms with E-state index in [0.717, 1.165) is 15.5 Å². The number of urea groups is 1. The second-order valence-corrected chi connectivity index (χ2v) is 10.1. The highest BCUT2D eigenvalue weighted by atomic mass is 35.6. The van der Waals surface area contributed by atoms with Gasteiger partial charge in [-0.15, -0.1) is 0 Å². The smallest absolute Gasteiger partial charge is 0.337 e. The van der Waals surface area contributed by atoms with Gasteiger partial charge in [-0.05, 0) is 36.4 Å². The summed E-state index contributed by atoms with van der Waals surface area (Å²) < 4.78 is -2.01. The number of likely N-dealkylation sites (N-methyl/N-ethyl adjacent to an activating group) is 1. The molecule has 3 amide bonds. The Morgan fingerprint density at radius 3 is 2.24 bits per heavy atom. The number of nitrogens with one attached hydrogen (secondary N) is 3. The number of hydrogen-bond donors (Lipinski definition) is 3. The molecule has 1 saturated heterocycles. The number of alkyl halides is 3. The van der Waals surface area contributed by atoms with Gasteiger partial charge in [0.2, 0.25) is 9.63 Å². The summed E-state index contributed by atoms with van der Waals surface area (Å²) >= 11 is 30.7. The van der Waals surface area contributed by atoms with Crippen LogP contribution in [-0.4, -0.2) is 53.8 Å². The minimum absolute atomic E-state index is 0.231. The molecule has 2 aromatic carbocycles. The topological polar surface area (TPSA) is 89.1 Å². The van der Waals surface area contributed by atoms with Gasteiger partial charge < -0.3 is 16.0 Å². The van der Waals surface area contributed by atoms with E-state index >= 15 is 0 Å². The van der Waals surface area contributed by atoms with Crippen LogP contribution in [0.4, 0.5) is 27.5 Å². The largest absolute Gasteiger partial charge is 0.388 e. The van der Waals surface area contributed by atoms with E-state index in [0.29, 0.717) is 22.1 Å². The van der Waals surface area contributed by atoms with Gasteiger partial charge >= 0.3 is 6.03 Å². The number of carbonyl (C=O) groups is 2. The molecule has 1 atom stereocenters. The second-order valence-electron chi connectivity index (χ2n) is 6.88. The van der Waals surface area contributed by atoms with Crippen molar-refractivity contribution in [3.05, 3.63) is 46.4 Å². The Bertz CT molecular complexity index is 1120. The molecule has 13 heteroatoms. The van der Waals surface area contributed by atoms with Gasteiger partial charge in [0.05, 0.1) is 22.1 Å². The maximum Gasteiger partial charge on any atom is 0.337 e. The van der Waals surface area contributed by atoms with E-state index in [1.165, 1.54) is 13.1 Å². The third kappa shape index (κ3) is 5.36. The quantitative estimate of drug-likeness (QED) is 0.317. The average molecular weight is 553 g/mol. The van der Waals surface area contributed by atoms with Crippen molar-refractivity contribution in [2.45, 2.75) is 9.96 Å². The summed E-state index contributed by atoms with van der Waals surface area (Å²) in [4.78, 5) is 32.4. The van der Waals surface area contributed by atoms with Gasteiger partial charge in [-0.1, -0.05) is 58.0 Å². The van der Waals surface area contributed by atoms with E-state index in [4.69, 9.17) is 58.0 Å². The normalized spacial score (nSPS) is 16.4. The van der Waals surface area contributed by atoms with E-state index in [9.17, 15) is 9.59 Å². The molecule has 3 N–H and O–H groups in total. The molecule has 33 heavy (non-hydrogen) atoms. The highest BCUT2D eigenvalue weighted by Gasteiger charge is 2.44. The Labute approximate surface area is 215 Å². The minimum atomic E-state index is -2.01. The molecule has 2 aromatic rings. The lowest BCUT2D eigenvalue weighted by molar-refractivity contribution is -0.119. The lowest BCUT2D eigenvalue weighted by Crippen LogP contribution is -2.38. The Morgan fingerprint density at radius 2 is 1.67 bits per heavy atom. The van der Waals surface area contributed by atoms with Gasteiger partial charge in [-0.3, -0.25) is 9.69 Å². The van der Waals surface area contributed by atoms with Crippen LogP contribution in [-0.2, 0) is 4.79 Å². The predicted octanol–water partition coefficient (Wildman–Crippen LogP) is 5.68. The Hall–Kier alpha value is -2.10. The fourth-order valence-corrected chi connectivity index (χ4v) is 3.83. The average Bonchev–Trinajstić information content (AvgIpc) is 2.97. The number of hydrogen-bond acceptors (Lipinski definition) is 6. The van der Waals surface area contributed by atoms with E-state index in [1.807, 2.05) is 0 Å². The Kier molecular flexibility index (Phi) is 7.76. The standard InChI is InChI=1S/C20H19Cl5N6O2/c1-26-11-5-7-15(14(9-11)27-2)31-16(17(32)30(3)19(31)33)29-18(20(23,24)25)28-13-6-4-10(21)8-12(13)22/h4-9,18,26-28H,1-3H3. The molecule has 3 rings (SSSR count). The number of anilines is 4. The zero-order chi connectivity index (χ0) is 24.5. The lowest BCUT2D eigenvalue weighted by Gasteiger charge is -2.25. The first-order valence-electron chi connectivity index (χ1n) is 9.45. The van der Waals surface area contributed by atoms with Gasteiger partial charge in [-0.25, -0.2) is 14.7 Å². The minimum Gasteiger partial charge on any atom is -0.388 e. The summed E-state index contributed by atoms with van der Waals surface area (Å²) in [6, 6.07) is 9.26. The van der Waals surface area contributed by atoms with Crippen molar-refractivity contribution in [3.8, 4) is 0 Å². The molecule has 1 aliphatic rings. The number of halogens is 5. The van der Waals surface area contributed by atoms with Crippen LogP contribution in [0.15, 0.2) is 41.4 Å². The van der Waals surface area contributed by atoms with Crippen molar-refractivity contribution < 1.29 is 9.59 Å². The third-order valence-corrected chi connectivity index (χ3v) is 5.93. The Balaban J connectivity index is 2.11. The maximum atomic E-state index is 13.0. The van der Waals surface area contributed by atoms with Crippen LogP contribution in [0.5, 0.6) is 0 Å². The molecule has 0 spiro atoms. The highest BCUT2D eigenvalue weighted by molar-refractivity contribution is 6.68. The molecular formula is C20H19Cl5N6O2. The van der Waals surface area contributed by atoms with Crippen LogP contribution in [0.1, 0.15) is 0 Å². The first-order valence-corrected chi connectivity index (χ1v) is 11.3. The third-order valence-electron chi connectivity index (χ3n) is 4.77. The van der Waals surface area contributed by atoms with Gasteiger partial charge in [0.25, 0.3) is 5.91 Å². The summed E-state index contributed by atoms with van der Waals surface area (Å²) in [6.07, 6.45) is -1.28. The van der Waals surface area contributed by atoms with Crippen molar-refractivity contribution >= 4 is 98.5 Å². The molecule has 0 bridgehead atoms. The van der Waals surface area contributed by atoms with Gasteiger partial charge in [-0.2, -0.15) is 0 Å². The molecule has 0 aromatic heterocycles. The summed E-state index contributed by atoms with van der Waals surface area (Å²) in [5.74, 6) is -0.895. The van der Waals surface area contributed by atoms with Gasteiger partial charge in [0.15, 0.2) is 6.17 Å². The van der Waals surface area contributed by atoms with Crippen molar-refractivity contribution in [2.75, 3.05) is 42.0 Å². The number of nitrogens with zero attached hydrogens (tertiary/aromatic N) is 3. The summed E-state index contributed by atoms with van der Waals surface area (Å²) in [6.45, 7) is 0.